The second-order valence-corrected chi connectivity index (χ2v) is 2.60. The molecule has 60 valence electrons. The highest BCUT2D eigenvalue weighted by molar-refractivity contribution is 6.18. The fourth-order valence-corrected chi connectivity index (χ4v) is 0.471. The third kappa shape index (κ3) is 4.62. The third-order valence-electron chi connectivity index (χ3n) is 1.08. The van der Waals surface area contributed by atoms with Crippen molar-refractivity contribution >= 4 is 17.6 Å². The van der Waals surface area contributed by atoms with Crippen LogP contribution in [0.4, 0.5) is 0 Å². The maximum Gasteiger partial charge on any atom is 0.305 e. The second-order valence-electron chi connectivity index (χ2n) is 2.30. The van der Waals surface area contributed by atoms with Gasteiger partial charge in [0, 0.05) is 18.2 Å². The van der Waals surface area contributed by atoms with Crippen molar-refractivity contribution in [2.24, 2.45) is 5.92 Å². The van der Waals surface area contributed by atoms with Gasteiger partial charge in [-0.15, -0.1) is 11.6 Å². The number of hydrogen-bond acceptors (Lipinski definition) is 2. The first-order chi connectivity index (χ1) is 4.70. The maximum absolute atomic E-state index is 10.6. The molecule has 0 saturated heterocycles. The highest BCUT2D eigenvalue weighted by Crippen LogP contribution is 1.98. The quantitative estimate of drug-likeness (QED) is 0.468. The van der Waals surface area contributed by atoms with Gasteiger partial charge in [0.1, 0.15) is 0 Å². The van der Waals surface area contributed by atoms with Gasteiger partial charge in [-0.3, -0.25) is 4.79 Å². The van der Waals surface area contributed by atoms with Crippen LogP contribution in [0.15, 0.2) is 0 Å². The van der Waals surface area contributed by atoms with E-state index in [1.165, 1.54) is 0 Å². The summed E-state index contributed by atoms with van der Waals surface area (Å²) in [6.45, 7) is 4.15. The Morgan fingerprint density at radius 3 is 2.70 bits per heavy atom. The summed E-state index contributed by atoms with van der Waals surface area (Å²) in [5.41, 5.74) is 0. The number of carbonyl (C=O) groups is 1. The van der Waals surface area contributed by atoms with Gasteiger partial charge < -0.3 is 4.74 Å². The van der Waals surface area contributed by atoms with Gasteiger partial charge in [0.2, 0.25) is 0 Å². The zero-order valence-corrected chi connectivity index (χ0v) is 7.15. The lowest BCUT2D eigenvalue weighted by Gasteiger charge is -2.06. The van der Waals surface area contributed by atoms with Crippen LogP contribution in [0.25, 0.3) is 0 Å². The molecule has 0 aliphatic carbocycles. The summed E-state index contributed by atoms with van der Waals surface area (Å²) in [5.74, 6) is 0.644. The van der Waals surface area contributed by atoms with Crippen molar-refractivity contribution in [2.75, 3.05) is 12.5 Å². The van der Waals surface area contributed by atoms with E-state index in [-0.39, 0.29) is 11.9 Å². The van der Waals surface area contributed by atoms with E-state index in [4.69, 9.17) is 16.3 Å². The first-order valence-corrected chi connectivity index (χ1v) is 3.95. The molecule has 0 N–H and O–H groups in total. The lowest BCUT2D eigenvalue weighted by molar-refractivity contribution is -0.144. The standard InChI is InChI=1S/C7H13ClO2/c1-3-7(9)10-5-6(2)4-8/h6H,3-5H2,1-2H3. The average molecular weight is 165 g/mol. The van der Waals surface area contributed by atoms with Crippen LogP contribution in [0.3, 0.4) is 0 Å². The Kier molecular flexibility index (Phi) is 5.40. The summed E-state index contributed by atoms with van der Waals surface area (Å²) >= 11 is 5.49. The third-order valence-corrected chi connectivity index (χ3v) is 1.61. The van der Waals surface area contributed by atoms with Gasteiger partial charge in [-0.05, 0) is 0 Å². The molecule has 1 atom stereocenters. The molecule has 0 spiro atoms. The Labute approximate surface area is 66.5 Å². The van der Waals surface area contributed by atoms with E-state index in [1.54, 1.807) is 6.92 Å². The predicted molar refractivity (Wildman–Crippen MR) is 41.1 cm³/mol. The zero-order chi connectivity index (χ0) is 7.98. The van der Waals surface area contributed by atoms with Crippen LogP contribution in [0.2, 0.25) is 0 Å². The van der Waals surface area contributed by atoms with Gasteiger partial charge in [-0.25, -0.2) is 0 Å². The molecule has 10 heavy (non-hydrogen) atoms. The van der Waals surface area contributed by atoms with Gasteiger partial charge >= 0.3 is 5.97 Å². The summed E-state index contributed by atoms with van der Waals surface area (Å²) in [5, 5.41) is 0. The molecule has 0 aliphatic rings. The molecule has 1 unspecified atom stereocenters. The number of alkyl halides is 1. The van der Waals surface area contributed by atoms with Crippen LogP contribution in [-0.2, 0) is 9.53 Å². The summed E-state index contributed by atoms with van der Waals surface area (Å²) in [6.07, 6.45) is 0.439. The van der Waals surface area contributed by atoms with Crippen LogP contribution in [0.1, 0.15) is 20.3 Å². The summed E-state index contributed by atoms with van der Waals surface area (Å²) in [6, 6.07) is 0. The lowest BCUT2D eigenvalue weighted by Crippen LogP contribution is -2.11. The number of esters is 1. The van der Waals surface area contributed by atoms with E-state index in [9.17, 15) is 4.79 Å². The van der Waals surface area contributed by atoms with Crippen molar-refractivity contribution in [3.8, 4) is 0 Å². The number of ether oxygens (including phenoxy) is 1. The van der Waals surface area contributed by atoms with Gasteiger partial charge in [0.15, 0.2) is 0 Å². The Morgan fingerprint density at radius 2 is 2.30 bits per heavy atom. The van der Waals surface area contributed by atoms with Crippen molar-refractivity contribution in [2.45, 2.75) is 20.3 Å². The van der Waals surface area contributed by atoms with Crippen LogP contribution < -0.4 is 0 Å². The van der Waals surface area contributed by atoms with Crippen LogP contribution in [0, 0.1) is 5.92 Å². The predicted octanol–water partition coefficient (Wildman–Crippen LogP) is 1.81. The number of hydrogen-bond donors (Lipinski definition) is 0. The summed E-state index contributed by atoms with van der Waals surface area (Å²) in [7, 11) is 0. The SMILES string of the molecule is CCC(=O)OCC(C)CCl. The molecule has 2 nitrogen and oxygen atoms in total. The van der Waals surface area contributed by atoms with E-state index in [1.807, 2.05) is 6.92 Å². The van der Waals surface area contributed by atoms with E-state index < -0.39 is 0 Å². The smallest absolute Gasteiger partial charge is 0.305 e. The number of carbonyl (C=O) groups excluding carboxylic acids is 1. The molecule has 0 saturated carbocycles. The number of rotatable bonds is 4. The van der Waals surface area contributed by atoms with Gasteiger partial charge in [0.25, 0.3) is 0 Å². The Bertz CT molecular complexity index is 104. The highest BCUT2D eigenvalue weighted by atomic mass is 35.5. The minimum atomic E-state index is -0.156. The van der Waals surface area contributed by atoms with Crippen molar-refractivity contribution < 1.29 is 9.53 Å². The highest BCUT2D eigenvalue weighted by Gasteiger charge is 2.02. The topological polar surface area (TPSA) is 26.3 Å². The molecule has 0 rings (SSSR count). The fourth-order valence-electron chi connectivity index (χ4n) is 0.382. The molecule has 0 aliphatic heterocycles. The molecule has 0 amide bonds. The molecule has 0 aromatic rings. The van der Waals surface area contributed by atoms with Crippen molar-refractivity contribution in [3.63, 3.8) is 0 Å². The largest absolute Gasteiger partial charge is 0.465 e. The van der Waals surface area contributed by atoms with Crippen molar-refractivity contribution in [1.29, 1.82) is 0 Å². The van der Waals surface area contributed by atoms with Crippen molar-refractivity contribution in [1.82, 2.24) is 0 Å². The first kappa shape index (κ1) is 9.76. The van der Waals surface area contributed by atoms with E-state index in [0.29, 0.717) is 18.9 Å². The second kappa shape index (κ2) is 5.54. The average Bonchev–Trinajstić information content (AvgIpc) is 1.99. The normalized spacial score (nSPS) is 12.7. The van der Waals surface area contributed by atoms with Crippen LogP contribution >= 0.6 is 11.6 Å². The maximum atomic E-state index is 10.6. The Balaban J connectivity index is 3.26. The van der Waals surface area contributed by atoms with Gasteiger partial charge in [-0.1, -0.05) is 13.8 Å². The van der Waals surface area contributed by atoms with E-state index >= 15 is 0 Å². The van der Waals surface area contributed by atoms with Crippen molar-refractivity contribution in [3.05, 3.63) is 0 Å². The molecule has 0 aromatic carbocycles. The molecule has 0 fully saturated rings. The van der Waals surface area contributed by atoms with E-state index in [2.05, 4.69) is 0 Å². The lowest BCUT2D eigenvalue weighted by atomic mass is 10.2. The summed E-state index contributed by atoms with van der Waals surface area (Å²) < 4.78 is 4.82. The minimum absolute atomic E-state index is 0.156. The number of halogens is 1. The molecule has 3 heteroatoms. The first-order valence-electron chi connectivity index (χ1n) is 3.42. The molecular formula is C7H13ClO2. The van der Waals surface area contributed by atoms with E-state index in [0.717, 1.165) is 0 Å². The van der Waals surface area contributed by atoms with Gasteiger partial charge in [-0.2, -0.15) is 0 Å². The molecule has 0 radical (unpaired) electrons. The van der Waals surface area contributed by atoms with Crippen LogP contribution in [0.5, 0.6) is 0 Å². The summed E-state index contributed by atoms with van der Waals surface area (Å²) in [4.78, 5) is 10.6. The Morgan fingerprint density at radius 1 is 1.70 bits per heavy atom. The molecule has 0 heterocycles. The minimum Gasteiger partial charge on any atom is -0.465 e. The fraction of sp³-hybridized carbons (Fsp3) is 0.857. The Hall–Kier alpha value is -0.240. The monoisotopic (exact) mass is 164 g/mol. The molecule has 0 aromatic heterocycles. The van der Waals surface area contributed by atoms with Crippen LogP contribution in [-0.4, -0.2) is 18.5 Å². The van der Waals surface area contributed by atoms with Gasteiger partial charge in [0.05, 0.1) is 6.61 Å². The zero-order valence-electron chi connectivity index (χ0n) is 6.39. The molecule has 0 bridgehead atoms. The molecular weight excluding hydrogens is 152 g/mol.